The molecule has 0 amide bonds. The van der Waals surface area contributed by atoms with Crippen molar-refractivity contribution in [3.63, 3.8) is 0 Å². The molecule has 0 saturated carbocycles. The Morgan fingerprint density at radius 2 is 2.00 bits per heavy atom. The Balaban J connectivity index is 3.14. The molecule has 7 heteroatoms. The van der Waals surface area contributed by atoms with Crippen molar-refractivity contribution in [1.29, 1.82) is 0 Å². The molecule has 0 radical (unpaired) electrons. The van der Waals surface area contributed by atoms with Crippen LogP contribution in [0, 0.1) is 9.54 Å². The lowest BCUT2D eigenvalue weighted by Gasteiger charge is -2.04. The van der Waals surface area contributed by atoms with Gasteiger partial charge in [0.25, 0.3) is 0 Å². The van der Waals surface area contributed by atoms with Gasteiger partial charge in [-0.15, -0.1) is 0 Å². The second-order valence-corrected chi connectivity index (χ2v) is 4.44. The number of nitrogens with zero attached hydrogens (tertiary/aromatic N) is 3. The quantitative estimate of drug-likeness (QED) is 0.569. The maximum absolute atomic E-state index is 12.0. The maximum atomic E-state index is 12.0. The average molecular weight is 235 g/mol. The van der Waals surface area contributed by atoms with E-state index in [1.807, 2.05) is 15.3 Å². The molecule has 0 aliphatic heterocycles. The van der Waals surface area contributed by atoms with Gasteiger partial charge in [0, 0.05) is 13.6 Å². The zero-order valence-corrected chi connectivity index (χ0v) is 11.3. The molecule has 0 aromatic carbocycles. The number of hydrogen-bond acceptors (Lipinski definition) is 2. The number of alkyl halides is 1. The molecule has 0 saturated heterocycles. The van der Waals surface area contributed by atoms with E-state index in [9.17, 15) is 4.39 Å². The Kier molecular flexibility index (Phi) is 3.86. The van der Waals surface area contributed by atoms with Gasteiger partial charge in [-0.25, -0.2) is 0 Å². The summed E-state index contributed by atoms with van der Waals surface area (Å²) in [5.74, 6) is 0. The fourth-order valence-corrected chi connectivity index (χ4v) is 2.22. The summed E-state index contributed by atoms with van der Waals surface area (Å²) in [5, 5.41) is 0. The van der Waals surface area contributed by atoms with E-state index in [1.54, 1.807) is 4.68 Å². The van der Waals surface area contributed by atoms with Crippen molar-refractivity contribution in [2.75, 3.05) is 6.67 Å². The van der Waals surface area contributed by atoms with E-state index in [1.165, 1.54) is 0 Å². The lowest BCUT2D eigenvalue weighted by Crippen LogP contribution is -2.09. The first-order chi connectivity index (χ1) is 6.09. The second-order valence-electron chi connectivity index (χ2n) is 2.81. The highest BCUT2D eigenvalue weighted by atomic mass is 32.1. The SMILES string of the molecule is Cn1c(=S)[n]([AlH2])c(=S)n1CCCF. The zero-order chi connectivity index (χ0) is 10.0. The predicted molar refractivity (Wildman–Crippen MR) is 57.6 cm³/mol. The molecule has 72 valence electrons. The van der Waals surface area contributed by atoms with Gasteiger partial charge in [-0.3, -0.25) is 13.8 Å². The molecule has 1 aromatic rings. The normalized spacial score (nSPS) is 10.6. The van der Waals surface area contributed by atoms with Gasteiger partial charge in [0.15, 0.2) is 9.54 Å². The molecule has 1 aromatic heterocycles. The molecule has 1 heterocycles. The van der Waals surface area contributed by atoms with Gasteiger partial charge >= 0.3 is 16.5 Å². The highest BCUT2D eigenvalue weighted by molar-refractivity contribution is 7.72. The summed E-state index contributed by atoms with van der Waals surface area (Å²) in [6.07, 6.45) is 0.489. The Hall–Kier alpha value is 0.0425. The van der Waals surface area contributed by atoms with E-state index in [2.05, 4.69) is 0 Å². The molecule has 0 unspecified atom stereocenters. The standard InChI is InChI=1S/C6H10FN3S2.Al.2H/c1-9-5(11)8-6(12)10(9)4-2-3-7;;;/h2-4H2,1H3,(H,8,11,12);;;/q;+1;;/p-1. The predicted octanol–water partition coefficient (Wildman–Crippen LogP) is 0.843. The first-order valence-electron chi connectivity index (χ1n) is 3.98. The Morgan fingerprint density at radius 1 is 1.38 bits per heavy atom. The summed E-state index contributed by atoms with van der Waals surface area (Å²) in [7, 11) is 1.85. The fraction of sp³-hybridized carbons (Fsp3) is 0.667. The van der Waals surface area contributed by atoms with E-state index < -0.39 is 0 Å². The summed E-state index contributed by atoms with van der Waals surface area (Å²) in [6, 6.07) is 0. The first kappa shape index (κ1) is 11.1. The smallest absolute Gasteiger partial charge is 0.377 e. The molecule has 13 heavy (non-hydrogen) atoms. The highest BCUT2D eigenvalue weighted by Gasteiger charge is 2.02. The first-order valence-corrected chi connectivity index (χ1v) is 5.69. The van der Waals surface area contributed by atoms with Gasteiger partial charge in [-0.2, -0.15) is 0 Å². The second kappa shape index (κ2) is 4.51. The van der Waals surface area contributed by atoms with Crippen LogP contribution in [0.3, 0.4) is 0 Å². The molecule has 0 atom stereocenters. The third kappa shape index (κ3) is 2.10. The molecule has 0 spiro atoms. The van der Waals surface area contributed by atoms with Gasteiger partial charge in [0.1, 0.15) is 0 Å². The minimum atomic E-state index is -0.319. The van der Waals surface area contributed by atoms with Crippen LogP contribution < -0.4 is 0 Å². The van der Waals surface area contributed by atoms with Crippen molar-refractivity contribution < 1.29 is 4.39 Å². The average Bonchev–Trinajstić information content (AvgIpc) is 2.30. The summed E-state index contributed by atoms with van der Waals surface area (Å²) in [4.78, 5) is 0. The van der Waals surface area contributed by atoms with Gasteiger partial charge in [0.2, 0.25) is 0 Å². The van der Waals surface area contributed by atoms with Crippen molar-refractivity contribution >= 4 is 40.9 Å². The minimum Gasteiger partial charge on any atom is -0.395 e. The number of halogens is 1. The van der Waals surface area contributed by atoms with Crippen LogP contribution in [0.1, 0.15) is 6.42 Å². The minimum absolute atomic E-state index is 0.319. The molecular weight excluding hydrogens is 224 g/mol. The van der Waals surface area contributed by atoms with Crippen molar-refractivity contribution in [1.82, 2.24) is 12.9 Å². The summed E-state index contributed by atoms with van der Waals surface area (Å²) in [6.45, 7) is 0.283. The summed E-state index contributed by atoms with van der Waals surface area (Å²) in [5.41, 5.74) is 0. The topological polar surface area (TPSA) is 14.8 Å². The van der Waals surface area contributed by atoms with Crippen molar-refractivity contribution in [3.8, 4) is 0 Å². The van der Waals surface area contributed by atoms with Crippen molar-refractivity contribution in [2.45, 2.75) is 13.0 Å². The molecule has 3 nitrogen and oxygen atoms in total. The number of aromatic nitrogens is 3. The largest absolute Gasteiger partial charge is 0.395 e. The Labute approximate surface area is 94.4 Å². The van der Waals surface area contributed by atoms with Crippen LogP contribution in [0.2, 0.25) is 0 Å². The Morgan fingerprint density at radius 3 is 2.38 bits per heavy atom. The maximum Gasteiger partial charge on any atom is 0.377 e. The van der Waals surface area contributed by atoms with Gasteiger partial charge < -0.3 is 3.55 Å². The van der Waals surface area contributed by atoms with Gasteiger partial charge in [0.05, 0.1) is 6.67 Å². The van der Waals surface area contributed by atoms with Crippen LogP contribution >= 0.6 is 24.4 Å². The molecule has 1 rings (SSSR count). The van der Waals surface area contributed by atoms with E-state index in [-0.39, 0.29) is 6.67 Å². The van der Waals surface area contributed by atoms with E-state index in [4.69, 9.17) is 24.4 Å². The summed E-state index contributed by atoms with van der Waals surface area (Å²) >= 11 is 11.1. The van der Waals surface area contributed by atoms with Gasteiger partial charge in [-0.05, 0) is 30.9 Å². The zero-order valence-electron chi connectivity index (χ0n) is 7.66. The third-order valence-corrected chi connectivity index (χ3v) is 4.46. The lowest BCUT2D eigenvalue weighted by molar-refractivity contribution is 0.408. The van der Waals surface area contributed by atoms with Crippen LogP contribution in [0.4, 0.5) is 4.39 Å². The molecule has 0 bridgehead atoms. The fourth-order valence-electron chi connectivity index (χ4n) is 1.16. The van der Waals surface area contributed by atoms with Crippen LogP contribution in [0.25, 0.3) is 0 Å². The molecule has 0 fully saturated rings. The van der Waals surface area contributed by atoms with Crippen LogP contribution in [-0.4, -0.2) is 36.1 Å². The van der Waals surface area contributed by atoms with Crippen molar-refractivity contribution in [2.24, 2.45) is 7.05 Å². The van der Waals surface area contributed by atoms with E-state index >= 15 is 0 Å². The van der Waals surface area contributed by atoms with Gasteiger partial charge in [-0.1, -0.05) is 0 Å². The molecule has 0 aliphatic rings. The number of rotatable bonds is 3. The molecule has 0 N–H and O–H groups in total. The van der Waals surface area contributed by atoms with E-state index in [0.717, 1.165) is 21.3 Å². The van der Waals surface area contributed by atoms with E-state index in [0.29, 0.717) is 17.7 Å². The van der Waals surface area contributed by atoms with Crippen LogP contribution in [0.5, 0.6) is 0 Å². The molecule has 0 aliphatic carbocycles. The third-order valence-electron chi connectivity index (χ3n) is 1.94. The Bertz CT molecular complexity index is 405. The van der Waals surface area contributed by atoms with Crippen LogP contribution in [-0.2, 0) is 13.6 Å². The van der Waals surface area contributed by atoms with Crippen LogP contribution in [0.15, 0.2) is 0 Å². The number of hydrogen-bond donors (Lipinski definition) is 0. The monoisotopic (exact) mass is 235 g/mol. The highest BCUT2D eigenvalue weighted by Crippen LogP contribution is 1.99. The summed E-state index contributed by atoms with van der Waals surface area (Å²) < 4.78 is 18.9. The van der Waals surface area contributed by atoms with Crippen molar-refractivity contribution in [3.05, 3.63) is 9.54 Å². The lowest BCUT2D eigenvalue weighted by atomic mass is 10.5. The molecular formula is C6H11AlFN3S2.